The lowest BCUT2D eigenvalue weighted by Gasteiger charge is -2.33. The molecule has 0 spiro atoms. The molecule has 2 aliphatic rings. The Morgan fingerprint density at radius 3 is 2.21 bits per heavy atom. The number of hydrogen-bond acceptors (Lipinski definition) is 3. The minimum absolute atomic E-state index is 0.113. The lowest BCUT2D eigenvalue weighted by molar-refractivity contribution is -0.149. The average molecular weight is 489 g/mol. The third-order valence-corrected chi connectivity index (χ3v) is 6.56. The normalized spacial score (nSPS) is 16.9. The Morgan fingerprint density at radius 2 is 1.65 bits per heavy atom. The van der Waals surface area contributed by atoms with Gasteiger partial charge in [-0.2, -0.15) is 26.3 Å². The van der Waals surface area contributed by atoms with Crippen molar-refractivity contribution in [3.63, 3.8) is 0 Å². The zero-order valence-electron chi connectivity index (χ0n) is 19.7. The van der Waals surface area contributed by atoms with E-state index in [2.05, 4.69) is 4.98 Å². The third kappa shape index (κ3) is 5.53. The van der Waals surface area contributed by atoms with Gasteiger partial charge < -0.3 is 9.47 Å². The van der Waals surface area contributed by atoms with Gasteiger partial charge in [-0.3, -0.25) is 4.90 Å². The molecule has 0 bridgehead atoms. The number of rotatable bonds is 7. The number of nitrogens with zero attached hydrogens (tertiary/aromatic N) is 4. The van der Waals surface area contributed by atoms with Crippen molar-refractivity contribution >= 4 is 11.6 Å². The lowest BCUT2D eigenvalue weighted by Crippen LogP contribution is -2.36. The van der Waals surface area contributed by atoms with Crippen LogP contribution in [0.25, 0.3) is 0 Å². The summed E-state index contributed by atoms with van der Waals surface area (Å²) < 4.78 is 83.4. The zero-order valence-corrected chi connectivity index (χ0v) is 19.7. The number of benzene rings is 1. The van der Waals surface area contributed by atoms with E-state index in [1.165, 1.54) is 4.57 Å². The molecular weight excluding hydrogens is 458 g/mol. The van der Waals surface area contributed by atoms with Gasteiger partial charge in [0.15, 0.2) is 5.69 Å². The van der Waals surface area contributed by atoms with Gasteiger partial charge in [0.1, 0.15) is 0 Å². The van der Waals surface area contributed by atoms with Gasteiger partial charge in [-0.1, -0.05) is 30.5 Å². The van der Waals surface area contributed by atoms with Crippen LogP contribution >= 0.6 is 0 Å². The molecule has 2 heterocycles. The van der Waals surface area contributed by atoms with E-state index in [1.54, 1.807) is 4.90 Å². The van der Waals surface area contributed by atoms with Gasteiger partial charge in [0, 0.05) is 25.3 Å². The molecule has 0 amide bonds. The summed E-state index contributed by atoms with van der Waals surface area (Å²) in [6, 6.07) is 3.94. The van der Waals surface area contributed by atoms with Gasteiger partial charge in [0.2, 0.25) is 5.95 Å². The van der Waals surface area contributed by atoms with E-state index in [0.29, 0.717) is 25.3 Å². The molecular formula is C24H30F6N4. The van der Waals surface area contributed by atoms with Crippen LogP contribution in [0.2, 0.25) is 0 Å². The second-order valence-electron chi connectivity index (χ2n) is 9.67. The number of hydrogen-bond donors (Lipinski definition) is 0. The highest BCUT2D eigenvalue weighted by molar-refractivity contribution is 5.68. The fourth-order valence-corrected chi connectivity index (χ4v) is 5.05. The smallest absolute Gasteiger partial charge is 0.312 e. The molecule has 4 rings (SSSR count). The van der Waals surface area contributed by atoms with Crippen molar-refractivity contribution in [1.29, 1.82) is 0 Å². The molecule has 1 aliphatic heterocycles. The zero-order chi connectivity index (χ0) is 24.8. The standard InChI is InChI=1S/C24H30F6N4/c1-15-11-16(2)20(17(3)12-15)34-9-4-8-33-19(21(24(28,29)30)31-22(33)34)13-32(14-23(25,26)27)10-7-18-5-6-18/h11-12,18H,4-10,13-14H2,1-3H3. The van der Waals surface area contributed by atoms with Gasteiger partial charge in [-0.15, -0.1) is 0 Å². The molecule has 34 heavy (non-hydrogen) atoms. The van der Waals surface area contributed by atoms with Crippen LogP contribution in [0, 0.1) is 26.7 Å². The molecule has 0 saturated heterocycles. The van der Waals surface area contributed by atoms with Crippen molar-refractivity contribution in [2.24, 2.45) is 5.92 Å². The molecule has 4 nitrogen and oxygen atoms in total. The third-order valence-electron chi connectivity index (χ3n) is 6.56. The van der Waals surface area contributed by atoms with E-state index >= 15 is 0 Å². The van der Waals surface area contributed by atoms with Crippen molar-refractivity contribution in [3.8, 4) is 0 Å². The molecule has 2 aromatic rings. The van der Waals surface area contributed by atoms with Crippen LogP contribution in [0.4, 0.5) is 38.0 Å². The molecule has 1 aromatic carbocycles. The van der Waals surface area contributed by atoms with Crippen LogP contribution < -0.4 is 4.90 Å². The Labute approximate surface area is 195 Å². The Bertz CT molecular complexity index is 1010. The summed E-state index contributed by atoms with van der Waals surface area (Å²) in [5, 5.41) is 0. The number of aryl methyl sites for hydroxylation is 3. The summed E-state index contributed by atoms with van der Waals surface area (Å²) in [4.78, 5) is 6.88. The summed E-state index contributed by atoms with van der Waals surface area (Å²) >= 11 is 0. The van der Waals surface area contributed by atoms with E-state index in [9.17, 15) is 26.3 Å². The SMILES string of the molecule is Cc1cc(C)c(N2CCCn3c2nc(C(F)(F)F)c3CN(CCC2CC2)CC(F)(F)F)c(C)c1. The van der Waals surface area contributed by atoms with Gasteiger partial charge in [-0.25, -0.2) is 4.98 Å². The molecule has 0 unspecified atom stereocenters. The van der Waals surface area contributed by atoms with Gasteiger partial charge in [0.05, 0.1) is 12.2 Å². The number of fused-ring (bicyclic) bond motifs is 1. The predicted octanol–water partition coefficient (Wildman–Crippen LogP) is 6.53. The number of aromatic nitrogens is 2. The molecule has 1 aliphatic carbocycles. The van der Waals surface area contributed by atoms with Gasteiger partial charge in [0.25, 0.3) is 0 Å². The second-order valence-corrected chi connectivity index (χ2v) is 9.67. The molecule has 188 valence electrons. The van der Waals surface area contributed by atoms with Crippen molar-refractivity contribution in [1.82, 2.24) is 14.5 Å². The summed E-state index contributed by atoms with van der Waals surface area (Å²) in [5.74, 6) is 0.526. The average Bonchev–Trinajstić information content (AvgIpc) is 3.44. The molecule has 1 fully saturated rings. The highest BCUT2D eigenvalue weighted by atomic mass is 19.4. The summed E-state index contributed by atoms with van der Waals surface area (Å²) in [6.07, 6.45) is -6.17. The van der Waals surface area contributed by atoms with Crippen molar-refractivity contribution < 1.29 is 26.3 Å². The fraction of sp³-hybridized carbons (Fsp3) is 0.625. The molecule has 0 atom stereocenters. The van der Waals surface area contributed by atoms with Crippen LogP contribution in [0.5, 0.6) is 0 Å². The summed E-state index contributed by atoms with van der Waals surface area (Å²) in [5.41, 5.74) is 2.43. The molecule has 0 radical (unpaired) electrons. The quantitative estimate of drug-likeness (QED) is 0.414. The maximum absolute atomic E-state index is 14.1. The highest BCUT2D eigenvalue weighted by Crippen LogP contribution is 2.41. The Hall–Kier alpha value is -2.23. The minimum atomic E-state index is -4.76. The van der Waals surface area contributed by atoms with E-state index in [-0.39, 0.29) is 24.7 Å². The van der Waals surface area contributed by atoms with Crippen molar-refractivity contribution in [2.75, 3.05) is 24.5 Å². The summed E-state index contributed by atoms with van der Waals surface area (Å²) in [6.45, 7) is 4.99. The van der Waals surface area contributed by atoms with Crippen LogP contribution in [0.15, 0.2) is 12.1 Å². The summed E-state index contributed by atoms with van der Waals surface area (Å²) in [7, 11) is 0. The van der Waals surface area contributed by atoms with Crippen LogP contribution in [0.1, 0.15) is 53.8 Å². The van der Waals surface area contributed by atoms with E-state index in [4.69, 9.17) is 0 Å². The van der Waals surface area contributed by atoms with E-state index in [0.717, 1.165) is 40.1 Å². The van der Waals surface area contributed by atoms with E-state index in [1.807, 2.05) is 32.9 Å². The molecule has 0 N–H and O–H groups in total. The van der Waals surface area contributed by atoms with Crippen LogP contribution in [-0.4, -0.2) is 40.3 Å². The van der Waals surface area contributed by atoms with Crippen LogP contribution in [0.3, 0.4) is 0 Å². The first-order valence-corrected chi connectivity index (χ1v) is 11.6. The van der Waals surface area contributed by atoms with Gasteiger partial charge >= 0.3 is 12.4 Å². The van der Waals surface area contributed by atoms with Crippen LogP contribution in [-0.2, 0) is 19.3 Å². The first-order valence-electron chi connectivity index (χ1n) is 11.6. The Balaban J connectivity index is 1.75. The number of anilines is 2. The molecule has 1 saturated carbocycles. The van der Waals surface area contributed by atoms with Crippen molar-refractivity contribution in [2.45, 2.75) is 71.9 Å². The van der Waals surface area contributed by atoms with E-state index < -0.39 is 31.1 Å². The van der Waals surface area contributed by atoms with Crippen molar-refractivity contribution in [3.05, 3.63) is 40.2 Å². The van der Waals surface area contributed by atoms with Gasteiger partial charge in [-0.05, 0) is 57.2 Å². The topological polar surface area (TPSA) is 24.3 Å². The largest absolute Gasteiger partial charge is 0.435 e. The molecule has 1 aromatic heterocycles. The lowest BCUT2D eigenvalue weighted by atomic mass is 10.0. The Kier molecular flexibility index (Phi) is 6.65. The predicted molar refractivity (Wildman–Crippen MR) is 118 cm³/mol. The first-order chi connectivity index (χ1) is 15.8. The first kappa shape index (κ1) is 24.9. The minimum Gasteiger partial charge on any atom is -0.312 e. The monoisotopic (exact) mass is 488 g/mol. The Morgan fingerprint density at radius 1 is 1.00 bits per heavy atom. The number of alkyl halides is 6. The fourth-order valence-electron chi connectivity index (χ4n) is 5.05. The highest BCUT2D eigenvalue weighted by Gasteiger charge is 2.42. The second kappa shape index (κ2) is 9.09. The maximum Gasteiger partial charge on any atom is 0.435 e. The number of imidazole rings is 1. The maximum atomic E-state index is 14.1. The number of halogens is 6. The molecule has 10 heteroatoms.